The number of nitrogens with one attached hydrogen (secondary N) is 1. The molecule has 0 radical (unpaired) electrons. The number of hydrogen-bond acceptors (Lipinski definition) is 7. The van der Waals surface area contributed by atoms with Crippen LogP contribution in [-0.2, 0) is 9.53 Å². The number of cyclic esters (lactones) is 1. The molecule has 3 aromatic rings. The molecule has 0 bridgehead atoms. The lowest BCUT2D eigenvalue weighted by atomic mass is 9.93. The van der Waals surface area contributed by atoms with Gasteiger partial charge in [-0.1, -0.05) is 36.0 Å². The maximum absolute atomic E-state index is 11.8. The molecule has 32 heavy (non-hydrogen) atoms. The number of rotatable bonds is 7. The zero-order valence-corrected chi connectivity index (χ0v) is 19.1. The van der Waals surface area contributed by atoms with Gasteiger partial charge in [-0.2, -0.15) is 0 Å². The van der Waals surface area contributed by atoms with Gasteiger partial charge in [0.2, 0.25) is 0 Å². The van der Waals surface area contributed by atoms with Crippen LogP contribution in [0.3, 0.4) is 0 Å². The van der Waals surface area contributed by atoms with Crippen molar-refractivity contribution in [3.8, 4) is 34.0 Å². The Bertz CT molecular complexity index is 1050. The van der Waals surface area contributed by atoms with E-state index in [4.69, 9.17) is 19.2 Å². The van der Waals surface area contributed by atoms with Gasteiger partial charge < -0.3 is 24.3 Å². The summed E-state index contributed by atoms with van der Waals surface area (Å²) in [6.07, 6.45) is 0.0502. The predicted molar refractivity (Wildman–Crippen MR) is 123 cm³/mol. The summed E-state index contributed by atoms with van der Waals surface area (Å²) in [6, 6.07) is 15.5. The van der Waals surface area contributed by atoms with Crippen LogP contribution in [0.1, 0.15) is 19.8 Å². The summed E-state index contributed by atoms with van der Waals surface area (Å²) in [5, 5.41) is 11.0. The van der Waals surface area contributed by atoms with Crippen molar-refractivity contribution in [3.63, 3.8) is 0 Å². The first-order chi connectivity index (χ1) is 15.4. The van der Waals surface area contributed by atoms with Gasteiger partial charge in [-0.25, -0.2) is 4.98 Å². The van der Waals surface area contributed by atoms with Crippen LogP contribution in [0, 0.1) is 0 Å². The quantitative estimate of drug-likeness (QED) is 0.406. The molecule has 0 saturated carbocycles. The highest BCUT2D eigenvalue weighted by atomic mass is 32.2. The molecule has 0 aliphatic carbocycles. The third-order valence-corrected chi connectivity index (χ3v) is 6.29. The molecular formula is C24H26N2O5S. The minimum Gasteiger partial charge on any atom is -0.497 e. The van der Waals surface area contributed by atoms with Crippen molar-refractivity contribution in [2.45, 2.75) is 36.6 Å². The molecule has 1 aliphatic rings. The second-order valence-corrected chi connectivity index (χ2v) is 9.04. The molecule has 1 aliphatic heterocycles. The number of carbonyl (C=O) groups is 1. The number of imidazole rings is 1. The largest absolute Gasteiger partial charge is 0.497 e. The summed E-state index contributed by atoms with van der Waals surface area (Å²) in [7, 11) is 3.27. The van der Waals surface area contributed by atoms with Crippen LogP contribution in [0.5, 0.6) is 11.5 Å². The van der Waals surface area contributed by atoms with E-state index in [0.717, 1.165) is 34.0 Å². The van der Waals surface area contributed by atoms with Crippen LogP contribution < -0.4 is 9.47 Å². The maximum atomic E-state index is 11.8. The third-order valence-electron chi connectivity index (χ3n) is 5.28. The molecule has 2 heterocycles. The van der Waals surface area contributed by atoms with Gasteiger partial charge >= 0.3 is 5.97 Å². The van der Waals surface area contributed by atoms with Gasteiger partial charge in [0, 0.05) is 23.3 Å². The van der Waals surface area contributed by atoms with Gasteiger partial charge in [0.15, 0.2) is 5.16 Å². The van der Waals surface area contributed by atoms with Crippen LogP contribution in [0.4, 0.5) is 0 Å². The number of aliphatic hydroxyl groups is 1. The van der Waals surface area contributed by atoms with Crippen LogP contribution in [-0.4, -0.2) is 52.7 Å². The van der Waals surface area contributed by atoms with Gasteiger partial charge in [-0.3, -0.25) is 4.79 Å². The van der Waals surface area contributed by atoms with Crippen molar-refractivity contribution < 1.29 is 24.1 Å². The Hall–Kier alpha value is -2.97. The zero-order chi connectivity index (χ0) is 22.7. The van der Waals surface area contributed by atoms with Crippen molar-refractivity contribution in [3.05, 3.63) is 48.5 Å². The number of H-pyrrole nitrogens is 1. The van der Waals surface area contributed by atoms with Crippen LogP contribution in [0.25, 0.3) is 22.5 Å². The van der Waals surface area contributed by atoms with E-state index < -0.39 is 5.60 Å². The molecule has 2 N–H and O–H groups in total. The van der Waals surface area contributed by atoms with E-state index >= 15 is 0 Å². The van der Waals surface area contributed by atoms with Gasteiger partial charge in [-0.05, 0) is 31.2 Å². The third kappa shape index (κ3) is 5.08. The van der Waals surface area contributed by atoms with Crippen LogP contribution in [0.15, 0.2) is 53.7 Å². The number of methoxy groups -OCH3 is 2. The molecule has 8 heteroatoms. The van der Waals surface area contributed by atoms with E-state index in [2.05, 4.69) is 4.98 Å². The van der Waals surface area contributed by atoms with Crippen molar-refractivity contribution in [2.75, 3.05) is 20.0 Å². The van der Waals surface area contributed by atoms with Gasteiger partial charge in [0.05, 0.1) is 37.6 Å². The fraction of sp³-hybridized carbons (Fsp3) is 0.333. The molecule has 2 atom stereocenters. The Balaban J connectivity index is 1.65. The van der Waals surface area contributed by atoms with Gasteiger partial charge in [0.1, 0.15) is 17.6 Å². The second kappa shape index (κ2) is 9.26. The first kappa shape index (κ1) is 22.2. The number of aromatic amines is 1. The number of benzene rings is 2. The highest BCUT2D eigenvalue weighted by Gasteiger charge is 2.36. The maximum Gasteiger partial charge on any atom is 0.309 e. The number of hydrogen-bond donors (Lipinski definition) is 2. The molecule has 7 nitrogen and oxygen atoms in total. The van der Waals surface area contributed by atoms with Crippen molar-refractivity contribution in [1.29, 1.82) is 0 Å². The lowest BCUT2D eigenvalue weighted by molar-refractivity contribution is -0.165. The Morgan fingerprint density at radius 1 is 1.16 bits per heavy atom. The summed E-state index contributed by atoms with van der Waals surface area (Å²) < 4.78 is 16.2. The molecule has 0 amide bonds. The average Bonchev–Trinajstić information content (AvgIpc) is 3.21. The predicted octanol–water partition coefficient (Wildman–Crippen LogP) is 4.31. The fourth-order valence-electron chi connectivity index (χ4n) is 3.79. The van der Waals surface area contributed by atoms with Crippen molar-refractivity contribution >= 4 is 17.7 Å². The lowest BCUT2D eigenvalue weighted by Crippen LogP contribution is -2.41. The van der Waals surface area contributed by atoms with Crippen molar-refractivity contribution in [1.82, 2.24) is 9.97 Å². The van der Waals surface area contributed by atoms with E-state index in [0.29, 0.717) is 17.3 Å². The first-order valence-electron chi connectivity index (χ1n) is 10.3. The smallest absolute Gasteiger partial charge is 0.309 e. The number of ether oxygens (including phenoxy) is 3. The molecule has 2 aromatic carbocycles. The highest BCUT2D eigenvalue weighted by molar-refractivity contribution is 7.99. The molecule has 0 spiro atoms. The zero-order valence-electron chi connectivity index (χ0n) is 18.3. The Morgan fingerprint density at radius 3 is 2.47 bits per heavy atom. The Labute approximate surface area is 191 Å². The summed E-state index contributed by atoms with van der Waals surface area (Å²) >= 11 is 1.46. The second-order valence-electron chi connectivity index (χ2n) is 8.03. The minimum atomic E-state index is -1.04. The molecule has 4 rings (SSSR count). The number of thioether (sulfide) groups is 1. The van der Waals surface area contributed by atoms with E-state index in [-0.39, 0.29) is 18.5 Å². The molecular weight excluding hydrogens is 428 g/mol. The van der Waals surface area contributed by atoms with Gasteiger partial charge in [0.25, 0.3) is 0 Å². The number of carbonyl (C=O) groups excluding carboxylic acids is 1. The fourth-order valence-corrected chi connectivity index (χ4v) is 4.65. The molecule has 1 saturated heterocycles. The van der Waals surface area contributed by atoms with Crippen molar-refractivity contribution in [2.24, 2.45) is 0 Å². The first-order valence-corrected chi connectivity index (χ1v) is 11.3. The Kier molecular flexibility index (Phi) is 6.43. The van der Waals surface area contributed by atoms with Crippen LogP contribution in [0.2, 0.25) is 0 Å². The standard InChI is InChI=1S/C24H26N2O5S/c1-24(28)12-19(31-20(27)13-24)14-32-23-25-21(15-6-4-8-17(10-15)29-2)22(26-23)16-7-5-9-18(11-16)30-3/h4-11,19,28H,12-14H2,1-3H3,(H,25,26)/t19-,24+/m1/s1. The van der Waals surface area contributed by atoms with Crippen LogP contribution >= 0.6 is 11.8 Å². The molecule has 1 fully saturated rings. The summed E-state index contributed by atoms with van der Waals surface area (Å²) in [5.74, 6) is 1.61. The summed E-state index contributed by atoms with van der Waals surface area (Å²) in [5.41, 5.74) is 2.45. The normalized spacial score (nSPS) is 20.6. The number of nitrogens with zero attached hydrogens (tertiary/aromatic N) is 1. The van der Waals surface area contributed by atoms with E-state index in [1.165, 1.54) is 11.8 Å². The topological polar surface area (TPSA) is 93.7 Å². The minimum absolute atomic E-state index is 0.0227. The summed E-state index contributed by atoms with van der Waals surface area (Å²) in [6.45, 7) is 1.67. The molecule has 168 valence electrons. The SMILES string of the molecule is COc1cccc(-c2nc(SC[C@H]3C[C@](C)(O)CC(=O)O3)[nH]c2-c2cccc(OC)c2)c1. The van der Waals surface area contributed by atoms with E-state index in [1.54, 1.807) is 21.1 Å². The number of esters is 1. The van der Waals surface area contributed by atoms with Gasteiger partial charge in [-0.15, -0.1) is 0 Å². The van der Waals surface area contributed by atoms with E-state index in [1.807, 2.05) is 48.5 Å². The highest BCUT2D eigenvalue weighted by Crippen LogP contribution is 2.36. The molecule has 0 unspecified atom stereocenters. The average molecular weight is 455 g/mol. The Morgan fingerprint density at radius 2 is 1.81 bits per heavy atom. The van der Waals surface area contributed by atoms with E-state index in [9.17, 15) is 9.90 Å². The monoisotopic (exact) mass is 454 g/mol. The molecule has 1 aromatic heterocycles. The lowest BCUT2D eigenvalue weighted by Gasteiger charge is -2.32. The number of aromatic nitrogens is 2. The summed E-state index contributed by atoms with van der Waals surface area (Å²) in [4.78, 5) is 20.1.